The lowest BCUT2D eigenvalue weighted by molar-refractivity contribution is -0.146. The minimum atomic E-state index is -0.766. The molecule has 0 aliphatic carbocycles. The monoisotopic (exact) mass is 242 g/mol. The SMILES string of the molecule is CC(C)(C)C(N)C(=O)N1CCC(C(=O)O)CC1. The molecule has 5 nitrogen and oxygen atoms in total. The van der Waals surface area contributed by atoms with Crippen LogP contribution in [-0.2, 0) is 9.59 Å². The van der Waals surface area contributed by atoms with Gasteiger partial charge in [-0.3, -0.25) is 9.59 Å². The van der Waals surface area contributed by atoms with Gasteiger partial charge in [-0.05, 0) is 18.3 Å². The fourth-order valence-electron chi connectivity index (χ4n) is 1.91. The average molecular weight is 242 g/mol. The normalized spacial score (nSPS) is 20.1. The van der Waals surface area contributed by atoms with Gasteiger partial charge in [-0.1, -0.05) is 20.8 Å². The van der Waals surface area contributed by atoms with E-state index in [1.54, 1.807) is 4.90 Å². The number of amides is 1. The molecule has 0 aromatic heterocycles. The van der Waals surface area contributed by atoms with Gasteiger partial charge in [0, 0.05) is 13.1 Å². The van der Waals surface area contributed by atoms with Gasteiger partial charge in [0.2, 0.25) is 5.91 Å². The number of rotatable bonds is 2. The third-order valence-corrected chi connectivity index (χ3v) is 3.35. The van der Waals surface area contributed by atoms with Crippen molar-refractivity contribution in [3.8, 4) is 0 Å². The highest BCUT2D eigenvalue weighted by Gasteiger charge is 2.34. The molecule has 0 spiro atoms. The van der Waals surface area contributed by atoms with Crippen molar-refractivity contribution in [2.75, 3.05) is 13.1 Å². The van der Waals surface area contributed by atoms with Crippen molar-refractivity contribution >= 4 is 11.9 Å². The van der Waals surface area contributed by atoms with Crippen LogP contribution in [0.3, 0.4) is 0 Å². The Kier molecular flexibility index (Phi) is 4.14. The van der Waals surface area contributed by atoms with Crippen molar-refractivity contribution in [3.63, 3.8) is 0 Å². The second-order valence-corrected chi connectivity index (χ2v) is 5.78. The quantitative estimate of drug-likeness (QED) is 0.746. The van der Waals surface area contributed by atoms with Gasteiger partial charge in [-0.15, -0.1) is 0 Å². The molecule has 1 fully saturated rings. The molecule has 1 aliphatic heterocycles. The summed E-state index contributed by atoms with van der Waals surface area (Å²) >= 11 is 0. The van der Waals surface area contributed by atoms with Gasteiger partial charge < -0.3 is 15.7 Å². The molecular weight excluding hydrogens is 220 g/mol. The van der Waals surface area contributed by atoms with Crippen molar-refractivity contribution < 1.29 is 14.7 Å². The van der Waals surface area contributed by atoms with Crippen LogP contribution in [-0.4, -0.2) is 41.0 Å². The maximum Gasteiger partial charge on any atom is 0.306 e. The Morgan fingerprint density at radius 2 is 1.76 bits per heavy atom. The highest BCUT2D eigenvalue weighted by molar-refractivity contribution is 5.82. The number of nitrogens with zero attached hydrogens (tertiary/aromatic N) is 1. The van der Waals surface area contributed by atoms with E-state index in [0.717, 1.165) is 0 Å². The average Bonchev–Trinajstić information content (AvgIpc) is 2.26. The molecule has 1 atom stereocenters. The summed E-state index contributed by atoms with van der Waals surface area (Å²) in [5.74, 6) is -1.15. The number of piperidine rings is 1. The first kappa shape index (κ1) is 14.0. The highest BCUT2D eigenvalue weighted by Crippen LogP contribution is 2.22. The second-order valence-electron chi connectivity index (χ2n) is 5.78. The summed E-state index contributed by atoms with van der Waals surface area (Å²) in [6.45, 7) is 6.79. The van der Waals surface area contributed by atoms with Crippen LogP contribution < -0.4 is 5.73 Å². The lowest BCUT2D eigenvalue weighted by Gasteiger charge is -2.35. The van der Waals surface area contributed by atoms with Crippen molar-refractivity contribution in [1.82, 2.24) is 4.90 Å². The van der Waals surface area contributed by atoms with E-state index < -0.39 is 12.0 Å². The zero-order chi connectivity index (χ0) is 13.2. The van der Waals surface area contributed by atoms with Crippen LogP contribution in [0.2, 0.25) is 0 Å². The number of carboxylic acid groups (broad SMARTS) is 1. The number of carbonyl (C=O) groups is 2. The minimum Gasteiger partial charge on any atom is -0.481 e. The van der Waals surface area contributed by atoms with Crippen LogP contribution in [0.1, 0.15) is 33.6 Å². The van der Waals surface area contributed by atoms with E-state index in [1.807, 2.05) is 20.8 Å². The molecule has 1 heterocycles. The van der Waals surface area contributed by atoms with Gasteiger partial charge in [-0.2, -0.15) is 0 Å². The molecule has 5 heteroatoms. The van der Waals surface area contributed by atoms with E-state index in [4.69, 9.17) is 10.8 Å². The molecule has 98 valence electrons. The molecule has 1 amide bonds. The van der Waals surface area contributed by atoms with Crippen LogP contribution in [0.4, 0.5) is 0 Å². The first-order chi connectivity index (χ1) is 7.73. The molecule has 17 heavy (non-hydrogen) atoms. The Bertz CT molecular complexity index is 301. The van der Waals surface area contributed by atoms with Crippen molar-refractivity contribution in [2.24, 2.45) is 17.1 Å². The lowest BCUT2D eigenvalue weighted by atomic mass is 9.86. The maximum atomic E-state index is 12.1. The van der Waals surface area contributed by atoms with E-state index in [9.17, 15) is 9.59 Å². The van der Waals surface area contributed by atoms with Crippen molar-refractivity contribution in [3.05, 3.63) is 0 Å². The molecule has 0 aromatic carbocycles. The van der Waals surface area contributed by atoms with E-state index in [0.29, 0.717) is 25.9 Å². The van der Waals surface area contributed by atoms with E-state index in [2.05, 4.69) is 0 Å². The molecule has 1 unspecified atom stereocenters. The Balaban J connectivity index is 2.55. The van der Waals surface area contributed by atoms with Crippen LogP contribution >= 0.6 is 0 Å². The third kappa shape index (κ3) is 3.43. The van der Waals surface area contributed by atoms with E-state index in [-0.39, 0.29) is 17.2 Å². The number of hydrogen-bond donors (Lipinski definition) is 2. The molecular formula is C12H22N2O3. The van der Waals surface area contributed by atoms with E-state index >= 15 is 0 Å². The second kappa shape index (κ2) is 5.04. The number of carbonyl (C=O) groups excluding carboxylic acids is 1. The number of carboxylic acids is 1. The summed E-state index contributed by atoms with van der Waals surface area (Å²) in [5.41, 5.74) is 5.65. The van der Waals surface area contributed by atoms with Crippen molar-refractivity contribution in [2.45, 2.75) is 39.7 Å². The Morgan fingerprint density at radius 3 is 2.12 bits per heavy atom. The smallest absolute Gasteiger partial charge is 0.306 e. The summed E-state index contributed by atoms with van der Waals surface area (Å²) in [5, 5.41) is 8.87. The molecule has 0 aromatic rings. The summed E-state index contributed by atoms with van der Waals surface area (Å²) in [6.07, 6.45) is 1.05. The summed E-state index contributed by atoms with van der Waals surface area (Å²) in [6, 6.07) is -0.524. The Hall–Kier alpha value is -1.10. The molecule has 1 aliphatic rings. The van der Waals surface area contributed by atoms with Crippen LogP contribution in [0, 0.1) is 11.3 Å². The van der Waals surface area contributed by atoms with Crippen molar-refractivity contribution in [1.29, 1.82) is 0 Å². The Morgan fingerprint density at radius 1 is 1.29 bits per heavy atom. The summed E-state index contributed by atoms with van der Waals surface area (Å²) in [7, 11) is 0. The zero-order valence-corrected chi connectivity index (χ0v) is 10.8. The maximum absolute atomic E-state index is 12.1. The number of aliphatic carboxylic acids is 1. The number of hydrogen-bond acceptors (Lipinski definition) is 3. The van der Waals surface area contributed by atoms with Crippen LogP contribution in [0.25, 0.3) is 0 Å². The third-order valence-electron chi connectivity index (χ3n) is 3.35. The number of nitrogens with two attached hydrogens (primary N) is 1. The standard InChI is InChI=1S/C12H22N2O3/c1-12(2,3)9(13)10(15)14-6-4-8(5-7-14)11(16)17/h8-9H,4-7,13H2,1-3H3,(H,16,17). The molecule has 1 rings (SSSR count). The largest absolute Gasteiger partial charge is 0.481 e. The fourth-order valence-corrected chi connectivity index (χ4v) is 1.91. The van der Waals surface area contributed by atoms with Gasteiger partial charge in [0.15, 0.2) is 0 Å². The topological polar surface area (TPSA) is 83.6 Å². The van der Waals surface area contributed by atoms with Gasteiger partial charge in [0.25, 0.3) is 0 Å². The van der Waals surface area contributed by atoms with Gasteiger partial charge in [0.1, 0.15) is 0 Å². The van der Waals surface area contributed by atoms with Crippen LogP contribution in [0.5, 0.6) is 0 Å². The zero-order valence-electron chi connectivity index (χ0n) is 10.8. The molecule has 0 saturated carbocycles. The molecule has 3 N–H and O–H groups in total. The summed E-state index contributed by atoms with van der Waals surface area (Å²) < 4.78 is 0. The molecule has 1 saturated heterocycles. The molecule has 0 radical (unpaired) electrons. The summed E-state index contributed by atoms with van der Waals surface area (Å²) in [4.78, 5) is 24.6. The van der Waals surface area contributed by atoms with E-state index in [1.165, 1.54) is 0 Å². The van der Waals surface area contributed by atoms with Gasteiger partial charge >= 0.3 is 5.97 Å². The first-order valence-electron chi connectivity index (χ1n) is 6.00. The first-order valence-corrected chi connectivity index (χ1v) is 6.00. The number of likely N-dealkylation sites (tertiary alicyclic amines) is 1. The Labute approximate surface area is 102 Å². The van der Waals surface area contributed by atoms with Crippen LogP contribution in [0.15, 0.2) is 0 Å². The predicted molar refractivity (Wildman–Crippen MR) is 64.4 cm³/mol. The predicted octanol–water partition coefficient (Wildman–Crippen LogP) is 0.683. The highest BCUT2D eigenvalue weighted by atomic mass is 16.4. The van der Waals surface area contributed by atoms with Gasteiger partial charge in [0.05, 0.1) is 12.0 Å². The minimum absolute atomic E-state index is 0.0682. The van der Waals surface area contributed by atoms with Gasteiger partial charge in [-0.25, -0.2) is 0 Å². The molecule has 0 bridgehead atoms. The fraction of sp³-hybridized carbons (Fsp3) is 0.833. The lowest BCUT2D eigenvalue weighted by Crippen LogP contribution is -2.52.